The number of fused-ring (bicyclic) bond motifs is 3. The number of benzene rings is 2. The number of rotatable bonds is 0. The van der Waals surface area contributed by atoms with Crippen LogP contribution in [0.3, 0.4) is 0 Å². The summed E-state index contributed by atoms with van der Waals surface area (Å²) in [4.78, 5) is 0. The van der Waals surface area contributed by atoms with Crippen LogP contribution < -0.4 is 0 Å². The van der Waals surface area contributed by atoms with E-state index in [9.17, 15) is 0 Å². The summed E-state index contributed by atoms with van der Waals surface area (Å²) in [5.74, 6) is 0. The predicted octanol–water partition coefficient (Wildman–Crippen LogP) is 3.95. The monoisotopic (exact) mass is 262 g/mol. The van der Waals surface area contributed by atoms with E-state index >= 15 is 0 Å². The standard InChI is InChI=1S/C14H8Br.Li/c15-9-14-12-7-3-1-5-10(12)11-6-2-4-8-13(11)14;/h1-8H;. The molecular weight excluding hydrogens is 255 g/mol. The van der Waals surface area contributed by atoms with Crippen molar-refractivity contribution in [2.45, 2.75) is 0 Å². The minimum atomic E-state index is 1.20. The second kappa shape index (κ2) is 3.93. The van der Waals surface area contributed by atoms with Gasteiger partial charge in [0.15, 0.2) is 0 Å². The van der Waals surface area contributed by atoms with Gasteiger partial charge in [0.1, 0.15) is 0 Å². The molecule has 0 heterocycles. The van der Waals surface area contributed by atoms with E-state index in [1.165, 1.54) is 31.0 Å². The Morgan fingerprint density at radius 3 is 1.50 bits per heavy atom. The van der Waals surface area contributed by atoms with E-state index in [1.807, 2.05) is 0 Å². The molecule has 0 saturated carbocycles. The molecule has 16 heavy (non-hydrogen) atoms. The molecule has 0 N–H and O–H groups in total. The summed E-state index contributed by atoms with van der Waals surface area (Å²) in [5, 5.41) is 0. The summed E-state index contributed by atoms with van der Waals surface area (Å²) in [7, 11) is 0. The van der Waals surface area contributed by atoms with Crippen LogP contribution in [0.5, 0.6) is 0 Å². The van der Waals surface area contributed by atoms with Gasteiger partial charge in [-0.25, -0.2) is 0 Å². The number of halogens is 1. The van der Waals surface area contributed by atoms with Gasteiger partial charge in [-0.3, -0.25) is 0 Å². The van der Waals surface area contributed by atoms with Crippen LogP contribution in [0.4, 0.5) is 0 Å². The first-order chi connectivity index (χ1) is 7.79. The molecule has 0 bridgehead atoms. The van der Waals surface area contributed by atoms with Crippen LogP contribution in [-0.4, -0.2) is 17.7 Å². The van der Waals surface area contributed by atoms with Crippen LogP contribution in [0, 0.1) is 0 Å². The Hall–Kier alpha value is -0.743. The van der Waals surface area contributed by atoms with Crippen molar-refractivity contribution < 1.29 is 0 Å². The fraction of sp³-hybridized carbons (Fsp3) is 0. The minimum absolute atomic E-state index is 1.20. The van der Waals surface area contributed by atoms with Crippen molar-refractivity contribution in [1.82, 2.24) is 0 Å². The SMILES string of the molecule is [Li][C](Br)=C1c2ccccc2-c2ccccc21. The molecule has 0 saturated heterocycles. The van der Waals surface area contributed by atoms with Gasteiger partial charge >= 0.3 is 113 Å². The second-order valence-corrected chi connectivity index (χ2v) is 5.19. The second-order valence-electron chi connectivity index (χ2n) is 4.00. The summed E-state index contributed by atoms with van der Waals surface area (Å²) in [6, 6.07) is 17.2. The first-order valence-corrected chi connectivity index (χ1v) is 6.14. The van der Waals surface area contributed by atoms with Gasteiger partial charge in [-0.15, -0.1) is 0 Å². The van der Waals surface area contributed by atoms with E-state index in [-0.39, 0.29) is 0 Å². The Morgan fingerprint density at radius 2 is 1.12 bits per heavy atom. The average molecular weight is 263 g/mol. The molecule has 0 atom stereocenters. The van der Waals surface area contributed by atoms with Crippen molar-refractivity contribution in [3.63, 3.8) is 0 Å². The van der Waals surface area contributed by atoms with Gasteiger partial charge in [-0.1, -0.05) is 0 Å². The van der Waals surface area contributed by atoms with Gasteiger partial charge in [0.2, 0.25) is 0 Å². The fourth-order valence-electron chi connectivity index (χ4n) is 2.39. The Labute approximate surface area is 113 Å². The molecule has 3 rings (SSSR count). The fourth-order valence-corrected chi connectivity index (χ4v) is 2.82. The van der Waals surface area contributed by atoms with Crippen molar-refractivity contribution in [2.75, 3.05) is 0 Å². The van der Waals surface area contributed by atoms with E-state index in [2.05, 4.69) is 82.2 Å². The van der Waals surface area contributed by atoms with E-state index in [0.29, 0.717) is 0 Å². The van der Waals surface area contributed by atoms with Crippen LogP contribution in [0.1, 0.15) is 11.1 Å². The van der Waals surface area contributed by atoms with Crippen LogP contribution in [0.2, 0.25) is 0 Å². The quantitative estimate of drug-likeness (QED) is 0.539. The van der Waals surface area contributed by atoms with E-state index < -0.39 is 0 Å². The van der Waals surface area contributed by atoms with E-state index in [0.717, 1.165) is 0 Å². The Balaban J connectivity index is 2.44. The van der Waals surface area contributed by atoms with Crippen molar-refractivity contribution in [3.8, 4) is 11.1 Å². The van der Waals surface area contributed by atoms with Crippen LogP contribution in [0.15, 0.2) is 51.7 Å². The van der Waals surface area contributed by atoms with Gasteiger partial charge in [0.25, 0.3) is 0 Å². The zero-order chi connectivity index (χ0) is 11.1. The van der Waals surface area contributed by atoms with Gasteiger partial charge in [0.05, 0.1) is 0 Å². The van der Waals surface area contributed by atoms with Crippen LogP contribution in [-0.2, 0) is 0 Å². The van der Waals surface area contributed by atoms with Crippen molar-refractivity contribution in [3.05, 3.63) is 62.8 Å². The van der Waals surface area contributed by atoms with Crippen LogP contribution >= 0.6 is 15.9 Å². The molecular formula is C14H8BrLi. The topological polar surface area (TPSA) is 0 Å². The number of hydrogen-bond acceptors (Lipinski definition) is 0. The van der Waals surface area contributed by atoms with Gasteiger partial charge in [-0.2, -0.15) is 0 Å². The molecule has 72 valence electrons. The summed E-state index contributed by atoms with van der Waals surface area (Å²) in [5.41, 5.74) is 6.67. The van der Waals surface area contributed by atoms with Crippen LogP contribution in [0.25, 0.3) is 16.7 Å². The zero-order valence-corrected chi connectivity index (χ0v) is 10.6. The van der Waals surface area contributed by atoms with E-state index in [4.69, 9.17) is 0 Å². The molecule has 2 heteroatoms. The Bertz CT molecular complexity index is 548. The molecule has 0 amide bonds. The Morgan fingerprint density at radius 1 is 0.750 bits per heavy atom. The Kier molecular flexibility index (Phi) is 2.56. The summed E-state index contributed by atoms with van der Waals surface area (Å²) >= 11 is 5.73. The van der Waals surface area contributed by atoms with Crippen molar-refractivity contribution >= 4 is 39.2 Å². The van der Waals surface area contributed by atoms with Gasteiger partial charge in [-0.05, 0) is 0 Å². The number of hydrogen-bond donors (Lipinski definition) is 0. The third-order valence-electron chi connectivity index (χ3n) is 3.03. The van der Waals surface area contributed by atoms with Gasteiger partial charge in [0, 0.05) is 0 Å². The summed E-state index contributed by atoms with van der Waals surface area (Å²) in [6.45, 7) is 0. The first kappa shape index (κ1) is 10.4. The normalized spacial score (nSPS) is 12.3. The molecule has 0 aromatic heterocycles. The summed E-state index contributed by atoms with van der Waals surface area (Å²) < 4.78 is 1.20. The summed E-state index contributed by atoms with van der Waals surface area (Å²) in [6.07, 6.45) is 0. The molecule has 0 aliphatic heterocycles. The molecule has 1 aliphatic rings. The average Bonchev–Trinajstić information content (AvgIpc) is 2.63. The molecule has 1 aliphatic carbocycles. The molecule has 0 radical (unpaired) electrons. The molecule has 2 aromatic carbocycles. The third kappa shape index (κ3) is 1.43. The van der Waals surface area contributed by atoms with Crippen molar-refractivity contribution in [1.29, 1.82) is 0 Å². The molecule has 0 fully saturated rings. The maximum absolute atomic E-state index is 3.62. The predicted molar refractivity (Wildman–Crippen MR) is 72.6 cm³/mol. The molecule has 0 nitrogen and oxygen atoms in total. The third-order valence-corrected chi connectivity index (χ3v) is 3.42. The molecule has 0 spiro atoms. The molecule has 0 unspecified atom stereocenters. The van der Waals surface area contributed by atoms with Gasteiger partial charge < -0.3 is 0 Å². The van der Waals surface area contributed by atoms with E-state index in [1.54, 1.807) is 0 Å². The van der Waals surface area contributed by atoms with Crippen molar-refractivity contribution in [2.24, 2.45) is 0 Å². The molecule has 2 aromatic rings. The first-order valence-electron chi connectivity index (χ1n) is 5.34. The zero-order valence-electron chi connectivity index (χ0n) is 9.00. The maximum atomic E-state index is 3.62.